The van der Waals surface area contributed by atoms with Crippen LogP contribution in [0.2, 0.25) is 0 Å². The van der Waals surface area contributed by atoms with E-state index in [1.807, 2.05) is 18.2 Å². The van der Waals surface area contributed by atoms with Crippen molar-refractivity contribution in [2.24, 2.45) is 0 Å². The second-order valence-electron chi connectivity index (χ2n) is 5.42. The summed E-state index contributed by atoms with van der Waals surface area (Å²) in [6.07, 6.45) is 4.16. The number of rotatable bonds is 2. The number of benzene rings is 1. The fourth-order valence-electron chi connectivity index (χ4n) is 2.95. The number of aliphatic hydroxyl groups is 1. The first-order valence-corrected chi connectivity index (χ1v) is 7.36. The average Bonchev–Trinajstić information content (AvgIpc) is 3.20. The number of urea groups is 1. The molecule has 0 saturated heterocycles. The van der Waals surface area contributed by atoms with E-state index in [1.165, 1.54) is 0 Å². The Morgan fingerprint density at radius 1 is 1.35 bits per heavy atom. The van der Waals surface area contributed by atoms with Crippen LogP contribution in [0.25, 0.3) is 5.65 Å². The Hall–Kier alpha value is -2.93. The minimum absolute atomic E-state index is 0.0117. The second kappa shape index (κ2) is 5.36. The summed E-state index contributed by atoms with van der Waals surface area (Å²) in [6, 6.07) is 9.03. The van der Waals surface area contributed by atoms with Gasteiger partial charge in [-0.3, -0.25) is 9.30 Å². The summed E-state index contributed by atoms with van der Waals surface area (Å²) in [5.41, 5.74) is 4.12. The number of carbonyl (C=O) groups excluding carboxylic acids is 1. The Morgan fingerprint density at radius 3 is 3.13 bits per heavy atom. The molecular formula is C16H15N5O2. The Labute approximate surface area is 132 Å². The van der Waals surface area contributed by atoms with Gasteiger partial charge < -0.3 is 10.4 Å². The van der Waals surface area contributed by atoms with Crippen LogP contribution in [-0.2, 0) is 13.0 Å². The summed E-state index contributed by atoms with van der Waals surface area (Å²) in [5, 5.41) is 20.1. The van der Waals surface area contributed by atoms with Crippen molar-refractivity contribution < 1.29 is 9.90 Å². The van der Waals surface area contributed by atoms with Gasteiger partial charge >= 0.3 is 6.03 Å². The van der Waals surface area contributed by atoms with Gasteiger partial charge in [0.2, 0.25) is 0 Å². The van der Waals surface area contributed by atoms with E-state index >= 15 is 0 Å². The molecule has 2 N–H and O–H groups in total. The molecule has 0 aliphatic carbocycles. The molecule has 23 heavy (non-hydrogen) atoms. The zero-order valence-electron chi connectivity index (χ0n) is 12.3. The predicted octanol–water partition coefficient (Wildman–Crippen LogP) is 1.82. The number of nitrogens with zero attached hydrogens (tertiary/aromatic N) is 4. The third-order valence-corrected chi connectivity index (χ3v) is 4.09. The van der Waals surface area contributed by atoms with E-state index in [2.05, 4.69) is 15.5 Å². The zero-order chi connectivity index (χ0) is 15.8. The van der Waals surface area contributed by atoms with Gasteiger partial charge in [-0.2, -0.15) is 0 Å². The highest BCUT2D eigenvalue weighted by atomic mass is 16.3. The molecule has 3 aromatic rings. The molecule has 0 bridgehead atoms. The van der Waals surface area contributed by atoms with Crippen molar-refractivity contribution in [3.8, 4) is 0 Å². The number of hydrogen-bond acceptors (Lipinski definition) is 4. The molecule has 0 atom stereocenters. The first kappa shape index (κ1) is 13.7. The molecule has 2 amide bonds. The lowest BCUT2D eigenvalue weighted by Gasteiger charge is -2.18. The van der Waals surface area contributed by atoms with Crippen LogP contribution in [0.1, 0.15) is 11.1 Å². The van der Waals surface area contributed by atoms with Gasteiger partial charge in [-0.1, -0.05) is 12.1 Å². The minimum atomic E-state index is -0.192. The maximum absolute atomic E-state index is 12.6. The molecule has 2 aromatic heterocycles. The van der Waals surface area contributed by atoms with Crippen molar-refractivity contribution in [1.29, 1.82) is 0 Å². The highest BCUT2D eigenvalue weighted by molar-refractivity contribution is 6.03. The van der Waals surface area contributed by atoms with Gasteiger partial charge in [0.15, 0.2) is 5.65 Å². The molecule has 0 unspecified atom stereocenters. The van der Waals surface area contributed by atoms with Crippen LogP contribution in [-0.4, -0.2) is 32.3 Å². The lowest BCUT2D eigenvalue weighted by atomic mass is 10.1. The van der Waals surface area contributed by atoms with E-state index in [-0.39, 0.29) is 12.6 Å². The minimum Gasteiger partial charge on any atom is -0.392 e. The van der Waals surface area contributed by atoms with Crippen molar-refractivity contribution in [3.05, 3.63) is 54.0 Å². The largest absolute Gasteiger partial charge is 0.392 e. The normalized spacial score (nSPS) is 13.3. The average molecular weight is 309 g/mol. The number of anilines is 2. The Balaban J connectivity index is 1.59. The van der Waals surface area contributed by atoms with Crippen molar-refractivity contribution in [3.63, 3.8) is 0 Å². The lowest BCUT2D eigenvalue weighted by molar-refractivity contribution is 0.257. The number of hydrogen-bond donors (Lipinski definition) is 2. The fraction of sp³-hybridized carbons (Fsp3) is 0.188. The highest BCUT2D eigenvalue weighted by Crippen LogP contribution is 2.31. The lowest BCUT2D eigenvalue weighted by Crippen LogP contribution is -2.33. The summed E-state index contributed by atoms with van der Waals surface area (Å²) in [6.45, 7) is 0.591. The number of pyridine rings is 1. The summed E-state index contributed by atoms with van der Waals surface area (Å²) < 4.78 is 1.77. The predicted molar refractivity (Wildman–Crippen MR) is 85.4 cm³/mol. The van der Waals surface area contributed by atoms with Gasteiger partial charge in [0.25, 0.3) is 0 Å². The third kappa shape index (κ3) is 2.31. The van der Waals surface area contributed by atoms with E-state index in [0.717, 1.165) is 23.2 Å². The molecule has 0 radical (unpaired) electrons. The fourth-order valence-corrected chi connectivity index (χ4v) is 2.95. The molecular weight excluding hydrogens is 294 g/mol. The van der Waals surface area contributed by atoms with Gasteiger partial charge in [-0.05, 0) is 29.7 Å². The summed E-state index contributed by atoms with van der Waals surface area (Å²) in [7, 11) is 0. The van der Waals surface area contributed by atoms with E-state index in [1.54, 1.807) is 34.0 Å². The van der Waals surface area contributed by atoms with Crippen LogP contribution in [0.15, 0.2) is 42.9 Å². The molecule has 7 nitrogen and oxygen atoms in total. The van der Waals surface area contributed by atoms with Crippen LogP contribution in [0.3, 0.4) is 0 Å². The molecule has 0 fully saturated rings. The first-order valence-electron chi connectivity index (χ1n) is 7.36. The molecule has 1 aliphatic heterocycles. The number of carbonyl (C=O) groups is 1. The Bertz CT molecular complexity index is 889. The maximum Gasteiger partial charge on any atom is 0.326 e. The van der Waals surface area contributed by atoms with Gasteiger partial charge in [0.1, 0.15) is 6.33 Å². The van der Waals surface area contributed by atoms with Crippen molar-refractivity contribution in [2.75, 3.05) is 16.8 Å². The van der Waals surface area contributed by atoms with Crippen LogP contribution in [0.4, 0.5) is 16.2 Å². The first-order chi connectivity index (χ1) is 11.3. The third-order valence-electron chi connectivity index (χ3n) is 4.09. The van der Waals surface area contributed by atoms with Gasteiger partial charge in [0.05, 0.1) is 6.61 Å². The van der Waals surface area contributed by atoms with Crippen LogP contribution >= 0.6 is 0 Å². The molecule has 0 spiro atoms. The maximum atomic E-state index is 12.6. The summed E-state index contributed by atoms with van der Waals surface area (Å²) in [5.74, 6) is 0. The topological polar surface area (TPSA) is 82.8 Å². The summed E-state index contributed by atoms with van der Waals surface area (Å²) in [4.78, 5) is 14.3. The van der Waals surface area contributed by atoms with Gasteiger partial charge in [0, 0.05) is 30.2 Å². The number of aliphatic hydroxyl groups excluding tert-OH is 1. The van der Waals surface area contributed by atoms with Gasteiger partial charge in [-0.25, -0.2) is 4.79 Å². The highest BCUT2D eigenvalue weighted by Gasteiger charge is 2.26. The monoisotopic (exact) mass is 309 g/mol. The number of nitrogens with one attached hydrogen (secondary N) is 1. The van der Waals surface area contributed by atoms with Crippen LogP contribution < -0.4 is 10.2 Å². The van der Waals surface area contributed by atoms with E-state index < -0.39 is 0 Å². The standard InChI is InChI=1S/C16H15N5O2/c22-9-11-2-1-3-14-13(11)5-7-21(14)16(23)18-12-4-6-20-10-17-19-15(20)8-12/h1-4,6,8,10,22H,5,7,9H2,(H,18,23). The molecule has 116 valence electrons. The van der Waals surface area contributed by atoms with Crippen LogP contribution in [0, 0.1) is 0 Å². The van der Waals surface area contributed by atoms with Crippen molar-refractivity contribution >= 4 is 23.1 Å². The van der Waals surface area contributed by atoms with E-state index in [0.29, 0.717) is 17.9 Å². The number of amides is 2. The van der Waals surface area contributed by atoms with Crippen molar-refractivity contribution in [2.45, 2.75) is 13.0 Å². The molecule has 1 aromatic carbocycles. The number of fused-ring (bicyclic) bond motifs is 2. The van der Waals surface area contributed by atoms with Crippen molar-refractivity contribution in [1.82, 2.24) is 14.6 Å². The Morgan fingerprint density at radius 2 is 2.26 bits per heavy atom. The summed E-state index contributed by atoms with van der Waals surface area (Å²) >= 11 is 0. The molecule has 0 saturated carbocycles. The smallest absolute Gasteiger partial charge is 0.326 e. The zero-order valence-corrected chi connectivity index (χ0v) is 12.3. The second-order valence-corrected chi connectivity index (χ2v) is 5.42. The molecule has 7 heteroatoms. The SMILES string of the molecule is O=C(Nc1ccn2cnnc2c1)N1CCc2c(CO)cccc21. The van der Waals surface area contributed by atoms with E-state index in [9.17, 15) is 9.90 Å². The quantitative estimate of drug-likeness (QED) is 0.756. The van der Waals surface area contributed by atoms with Gasteiger partial charge in [-0.15, -0.1) is 10.2 Å². The molecule has 1 aliphatic rings. The van der Waals surface area contributed by atoms with Crippen LogP contribution in [0.5, 0.6) is 0 Å². The molecule has 4 rings (SSSR count). The van der Waals surface area contributed by atoms with E-state index in [4.69, 9.17) is 0 Å². The number of aromatic nitrogens is 3. The molecule has 3 heterocycles. The Kier molecular flexibility index (Phi) is 3.20.